The molecule has 7 nitrogen and oxygen atoms in total. The maximum Gasteiger partial charge on any atom is 0.225 e. The van der Waals surface area contributed by atoms with Crippen LogP contribution in [0.3, 0.4) is 0 Å². The van der Waals surface area contributed by atoms with E-state index < -0.39 is 9.84 Å². The van der Waals surface area contributed by atoms with Crippen molar-refractivity contribution < 1.29 is 8.42 Å². The van der Waals surface area contributed by atoms with Crippen LogP contribution in [0.1, 0.15) is 0 Å². The van der Waals surface area contributed by atoms with E-state index in [1.54, 1.807) is 42.6 Å². The summed E-state index contributed by atoms with van der Waals surface area (Å²) in [5, 5.41) is 8.09. The van der Waals surface area contributed by atoms with Gasteiger partial charge < -0.3 is 9.80 Å². The first kappa shape index (κ1) is 17.4. The third-order valence-electron chi connectivity index (χ3n) is 4.53. The highest BCUT2D eigenvalue weighted by Gasteiger charge is 2.22. The molecule has 0 radical (unpaired) electrons. The van der Waals surface area contributed by atoms with Crippen LogP contribution in [0.4, 0.5) is 11.6 Å². The topological polar surface area (TPSA) is 79.3 Å². The largest absolute Gasteiger partial charge is 0.353 e. The van der Waals surface area contributed by atoms with Crippen LogP contribution in [0, 0.1) is 0 Å². The minimum absolute atomic E-state index is 0.0374. The zero-order valence-corrected chi connectivity index (χ0v) is 15.5. The number of benzene rings is 1. The first-order valence-corrected chi connectivity index (χ1v) is 10.2. The second kappa shape index (κ2) is 7.32. The van der Waals surface area contributed by atoms with Gasteiger partial charge in [-0.25, -0.2) is 13.4 Å². The Hall–Kier alpha value is -3.00. The van der Waals surface area contributed by atoms with E-state index in [4.69, 9.17) is 0 Å². The molecule has 1 saturated heterocycles. The van der Waals surface area contributed by atoms with Gasteiger partial charge in [0.05, 0.1) is 4.90 Å². The molecule has 138 valence electrons. The Morgan fingerprint density at radius 3 is 1.96 bits per heavy atom. The van der Waals surface area contributed by atoms with Crippen molar-refractivity contribution in [2.45, 2.75) is 9.92 Å². The maximum atomic E-state index is 12.6. The summed E-state index contributed by atoms with van der Waals surface area (Å²) in [6.07, 6.45) is 1.79. The molecule has 1 aliphatic rings. The Morgan fingerprint density at radius 2 is 1.37 bits per heavy atom. The van der Waals surface area contributed by atoms with Gasteiger partial charge in [-0.2, -0.15) is 0 Å². The van der Waals surface area contributed by atoms with Crippen LogP contribution in [0.2, 0.25) is 0 Å². The highest BCUT2D eigenvalue weighted by molar-refractivity contribution is 7.91. The van der Waals surface area contributed by atoms with Crippen molar-refractivity contribution in [3.63, 3.8) is 0 Å². The summed E-state index contributed by atoms with van der Waals surface area (Å²) in [4.78, 5) is 8.92. The fourth-order valence-electron chi connectivity index (χ4n) is 3.05. The van der Waals surface area contributed by atoms with Crippen LogP contribution in [0.25, 0.3) is 0 Å². The number of hydrogen-bond donors (Lipinski definition) is 0. The summed E-state index contributed by atoms with van der Waals surface area (Å²) in [6, 6.07) is 17.4. The molecule has 1 aliphatic heterocycles. The van der Waals surface area contributed by atoms with Crippen LogP contribution in [0.5, 0.6) is 0 Å². The summed E-state index contributed by atoms with van der Waals surface area (Å²) < 4.78 is 25.2. The van der Waals surface area contributed by atoms with Gasteiger partial charge in [-0.1, -0.05) is 24.3 Å². The predicted octanol–water partition coefficient (Wildman–Crippen LogP) is 2.03. The highest BCUT2D eigenvalue weighted by atomic mass is 32.2. The van der Waals surface area contributed by atoms with E-state index >= 15 is 0 Å². The molecule has 0 atom stereocenters. The van der Waals surface area contributed by atoms with Crippen LogP contribution >= 0.6 is 0 Å². The second-order valence-electron chi connectivity index (χ2n) is 6.21. The van der Waals surface area contributed by atoms with Crippen LogP contribution in [0.15, 0.2) is 76.8 Å². The molecule has 0 saturated carbocycles. The summed E-state index contributed by atoms with van der Waals surface area (Å²) in [5.41, 5.74) is 0. The van der Waals surface area contributed by atoms with Crippen LogP contribution in [-0.2, 0) is 9.84 Å². The molecule has 4 rings (SSSR count). The first-order valence-electron chi connectivity index (χ1n) is 8.69. The molecule has 1 fully saturated rings. The molecule has 0 spiro atoms. The zero-order chi connectivity index (χ0) is 18.7. The molecule has 3 aromatic rings. The third kappa shape index (κ3) is 3.61. The predicted molar refractivity (Wildman–Crippen MR) is 103 cm³/mol. The number of pyridine rings is 1. The number of sulfone groups is 1. The van der Waals surface area contributed by atoms with Crippen molar-refractivity contribution >= 4 is 21.5 Å². The molecule has 3 heterocycles. The van der Waals surface area contributed by atoms with E-state index in [9.17, 15) is 8.42 Å². The Labute approximate surface area is 158 Å². The molecule has 2 aromatic heterocycles. The lowest BCUT2D eigenvalue weighted by Gasteiger charge is -2.35. The van der Waals surface area contributed by atoms with Crippen molar-refractivity contribution in [2.75, 3.05) is 36.0 Å². The van der Waals surface area contributed by atoms with Gasteiger partial charge in [-0.3, -0.25) is 0 Å². The molecule has 0 aliphatic carbocycles. The number of rotatable bonds is 4. The van der Waals surface area contributed by atoms with Crippen molar-refractivity contribution in [3.8, 4) is 0 Å². The molecule has 0 bridgehead atoms. The monoisotopic (exact) mass is 381 g/mol. The van der Waals surface area contributed by atoms with Gasteiger partial charge in [0.15, 0.2) is 10.8 Å². The van der Waals surface area contributed by atoms with E-state index in [2.05, 4.69) is 25.0 Å². The number of piperazine rings is 1. The third-order valence-corrected chi connectivity index (χ3v) is 6.19. The number of hydrogen-bond acceptors (Lipinski definition) is 7. The standard InChI is InChI=1S/C19H19N5O2S/c25-27(26,16-6-2-1-3-7-16)19-10-9-18(21-22-19)24-14-12-23(13-15-24)17-8-4-5-11-20-17/h1-11H,12-15H2. The average Bonchev–Trinajstić information content (AvgIpc) is 2.75. The second-order valence-corrected chi connectivity index (χ2v) is 8.10. The molecule has 1 aromatic carbocycles. The van der Waals surface area contributed by atoms with Crippen molar-refractivity contribution in [1.29, 1.82) is 0 Å². The quantitative estimate of drug-likeness (QED) is 0.684. The Balaban J connectivity index is 1.46. The van der Waals surface area contributed by atoms with Gasteiger partial charge in [-0.15, -0.1) is 10.2 Å². The minimum Gasteiger partial charge on any atom is -0.353 e. The van der Waals surface area contributed by atoms with E-state index in [-0.39, 0.29) is 9.92 Å². The van der Waals surface area contributed by atoms with Crippen LogP contribution < -0.4 is 9.80 Å². The van der Waals surface area contributed by atoms with E-state index in [0.717, 1.165) is 32.0 Å². The molecular formula is C19H19N5O2S. The van der Waals surface area contributed by atoms with Gasteiger partial charge in [0, 0.05) is 32.4 Å². The number of aromatic nitrogens is 3. The van der Waals surface area contributed by atoms with Gasteiger partial charge in [0.1, 0.15) is 5.82 Å². The van der Waals surface area contributed by atoms with Crippen molar-refractivity contribution in [1.82, 2.24) is 15.2 Å². The minimum atomic E-state index is -3.64. The summed E-state index contributed by atoms with van der Waals surface area (Å²) in [6.45, 7) is 3.19. The zero-order valence-electron chi connectivity index (χ0n) is 14.6. The normalized spacial score (nSPS) is 15.0. The van der Waals surface area contributed by atoms with Gasteiger partial charge >= 0.3 is 0 Å². The lowest BCUT2D eigenvalue weighted by molar-refractivity contribution is 0.589. The van der Waals surface area contributed by atoms with Crippen molar-refractivity contribution in [3.05, 3.63) is 66.9 Å². The van der Waals surface area contributed by atoms with E-state index in [1.807, 2.05) is 18.2 Å². The van der Waals surface area contributed by atoms with Crippen LogP contribution in [-0.4, -0.2) is 49.8 Å². The van der Waals surface area contributed by atoms with Gasteiger partial charge in [-0.05, 0) is 36.4 Å². The Bertz CT molecular complexity index is 987. The fourth-order valence-corrected chi connectivity index (χ4v) is 4.20. The lowest BCUT2D eigenvalue weighted by atomic mass is 10.3. The lowest BCUT2D eigenvalue weighted by Crippen LogP contribution is -2.47. The number of anilines is 2. The first-order chi connectivity index (χ1) is 13.1. The summed E-state index contributed by atoms with van der Waals surface area (Å²) >= 11 is 0. The van der Waals surface area contributed by atoms with Gasteiger partial charge in [0.25, 0.3) is 0 Å². The molecule has 27 heavy (non-hydrogen) atoms. The molecule has 0 amide bonds. The average molecular weight is 381 g/mol. The molecule has 0 N–H and O–H groups in total. The molecular weight excluding hydrogens is 362 g/mol. The Kier molecular flexibility index (Phi) is 4.72. The summed E-state index contributed by atoms with van der Waals surface area (Å²) in [7, 11) is -3.64. The smallest absolute Gasteiger partial charge is 0.225 e. The fraction of sp³-hybridized carbons (Fsp3) is 0.211. The van der Waals surface area contributed by atoms with E-state index in [0.29, 0.717) is 5.82 Å². The SMILES string of the molecule is O=S(=O)(c1ccccc1)c1ccc(N2CCN(c3ccccn3)CC2)nn1. The number of nitrogens with zero attached hydrogens (tertiary/aromatic N) is 5. The van der Waals surface area contributed by atoms with Gasteiger partial charge in [0.2, 0.25) is 9.84 Å². The maximum absolute atomic E-state index is 12.6. The van der Waals surface area contributed by atoms with Crippen molar-refractivity contribution in [2.24, 2.45) is 0 Å². The summed E-state index contributed by atoms with van der Waals surface area (Å²) in [5.74, 6) is 1.65. The van der Waals surface area contributed by atoms with E-state index in [1.165, 1.54) is 6.07 Å². The highest BCUT2D eigenvalue weighted by Crippen LogP contribution is 2.21. The molecule has 0 unspecified atom stereocenters. The molecule has 8 heteroatoms. The Morgan fingerprint density at radius 1 is 0.704 bits per heavy atom.